The number of benzene rings is 1. The molecule has 2 N–H and O–H groups in total. The Labute approximate surface area is 118 Å². The minimum absolute atomic E-state index is 0.0523. The van der Waals surface area contributed by atoms with E-state index in [2.05, 4.69) is 5.32 Å². The molecule has 0 unspecified atom stereocenters. The van der Waals surface area contributed by atoms with Crippen LogP contribution in [0.2, 0.25) is 0 Å². The quantitative estimate of drug-likeness (QED) is 0.674. The van der Waals surface area contributed by atoms with Crippen molar-refractivity contribution in [1.29, 1.82) is 0 Å². The molecule has 0 aliphatic rings. The van der Waals surface area contributed by atoms with Crippen LogP contribution in [0.5, 0.6) is 5.75 Å². The van der Waals surface area contributed by atoms with Gasteiger partial charge < -0.3 is 15.2 Å². The summed E-state index contributed by atoms with van der Waals surface area (Å²) < 4.78 is 5.09. The van der Waals surface area contributed by atoms with Crippen LogP contribution in [0, 0.1) is 0 Å². The molecule has 0 spiro atoms. The van der Waals surface area contributed by atoms with Crippen molar-refractivity contribution in [1.82, 2.24) is 5.32 Å². The zero-order valence-corrected chi connectivity index (χ0v) is 12.0. The molecule has 0 atom stereocenters. The third kappa shape index (κ3) is 7.08. The SMILES string of the molecule is COc1ccc(CCNC(=O)CSCCCO)cc1. The summed E-state index contributed by atoms with van der Waals surface area (Å²) in [5.41, 5.74) is 1.18. The number of nitrogens with one attached hydrogen (secondary N) is 1. The van der Waals surface area contributed by atoms with E-state index in [0.717, 1.165) is 24.3 Å². The maximum Gasteiger partial charge on any atom is 0.230 e. The molecular formula is C14H21NO3S. The third-order valence-corrected chi connectivity index (χ3v) is 3.62. The van der Waals surface area contributed by atoms with Crippen molar-refractivity contribution in [3.8, 4) is 5.75 Å². The predicted octanol–water partition coefficient (Wildman–Crippen LogP) is 1.47. The van der Waals surface area contributed by atoms with E-state index in [1.165, 1.54) is 5.56 Å². The number of hydrogen-bond acceptors (Lipinski definition) is 4. The monoisotopic (exact) mass is 283 g/mol. The molecule has 1 rings (SSSR count). The van der Waals surface area contributed by atoms with Crippen molar-refractivity contribution in [2.45, 2.75) is 12.8 Å². The van der Waals surface area contributed by atoms with Gasteiger partial charge in [0.05, 0.1) is 12.9 Å². The van der Waals surface area contributed by atoms with E-state index in [9.17, 15) is 4.79 Å². The summed E-state index contributed by atoms with van der Waals surface area (Å²) in [6, 6.07) is 7.84. The van der Waals surface area contributed by atoms with Gasteiger partial charge in [-0.25, -0.2) is 0 Å². The standard InChI is InChI=1S/C14H21NO3S/c1-18-13-5-3-12(4-6-13)7-8-15-14(17)11-19-10-2-9-16/h3-6,16H,2,7-11H2,1H3,(H,15,17). The van der Waals surface area contributed by atoms with E-state index in [1.54, 1.807) is 18.9 Å². The first-order valence-electron chi connectivity index (χ1n) is 6.34. The molecular weight excluding hydrogens is 262 g/mol. The maximum atomic E-state index is 11.5. The highest BCUT2D eigenvalue weighted by atomic mass is 32.2. The Hall–Kier alpha value is -1.20. The molecule has 0 radical (unpaired) electrons. The number of aliphatic hydroxyl groups excluding tert-OH is 1. The Balaban J connectivity index is 2.13. The number of carbonyl (C=O) groups is 1. The summed E-state index contributed by atoms with van der Waals surface area (Å²) in [7, 11) is 1.64. The molecule has 19 heavy (non-hydrogen) atoms. The van der Waals surface area contributed by atoms with Crippen molar-refractivity contribution in [3.05, 3.63) is 29.8 Å². The largest absolute Gasteiger partial charge is 0.497 e. The van der Waals surface area contributed by atoms with Crippen molar-refractivity contribution >= 4 is 17.7 Å². The minimum Gasteiger partial charge on any atom is -0.497 e. The summed E-state index contributed by atoms with van der Waals surface area (Å²) in [5, 5.41) is 11.5. The van der Waals surface area contributed by atoms with Crippen LogP contribution in [0.4, 0.5) is 0 Å². The summed E-state index contributed by atoms with van der Waals surface area (Å²) in [6.07, 6.45) is 1.56. The molecule has 0 aliphatic carbocycles. The summed E-state index contributed by atoms with van der Waals surface area (Å²) >= 11 is 1.55. The normalized spacial score (nSPS) is 10.2. The third-order valence-electron chi connectivity index (χ3n) is 2.57. The Morgan fingerprint density at radius 2 is 2.11 bits per heavy atom. The Morgan fingerprint density at radius 1 is 1.37 bits per heavy atom. The zero-order chi connectivity index (χ0) is 13.9. The molecule has 0 aliphatic heterocycles. The van der Waals surface area contributed by atoms with Gasteiger partial charge in [-0.3, -0.25) is 4.79 Å². The number of aliphatic hydroxyl groups is 1. The molecule has 0 bridgehead atoms. The van der Waals surface area contributed by atoms with Gasteiger partial charge in [-0.2, -0.15) is 11.8 Å². The highest BCUT2D eigenvalue weighted by Gasteiger charge is 2.01. The first-order chi connectivity index (χ1) is 9.26. The molecule has 5 heteroatoms. The molecule has 0 saturated carbocycles. The fourth-order valence-corrected chi connectivity index (χ4v) is 2.29. The molecule has 4 nitrogen and oxygen atoms in total. The van der Waals surface area contributed by atoms with Crippen LogP contribution >= 0.6 is 11.8 Å². The van der Waals surface area contributed by atoms with Crippen molar-refractivity contribution in [2.24, 2.45) is 0 Å². The number of amides is 1. The first kappa shape index (κ1) is 15.9. The van der Waals surface area contributed by atoms with Crippen LogP contribution in [0.1, 0.15) is 12.0 Å². The number of ether oxygens (including phenoxy) is 1. The highest BCUT2D eigenvalue weighted by Crippen LogP contribution is 2.11. The first-order valence-corrected chi connectivity index (χ1v) is 7.50. The predicted molar refractivity (Wildman–Crippen MR) is 78.7 cm³/mol. The van der Waals surface area contributed by atoms with Crippen LogP contribution in [-0.4, -0.2) is 42.8 Å². The van der Waals surface area contributed by atoms with E-state index in [0.29, 0.717) is 12.3 Å². The fourth-order valence-electron chi connectivity index (χ4n) is 1.52. The Kier molecular flexibility index (Phi) is 8.09. The van der Waals surface area contributed by atoms with E-state index in [-0.39, 0.29) is 12.5 Å². The average molecular weight is 283 g/mol. The lowest BCUT2D eigenvalue weighted by atomic mass is 10.1. The molecule has 106 valence electrons. The van der Waals surface area contributed by atoms with Crippen LogP contribution in [0.15, 0.2) is 24.3 Å². The lowest BCUT2D eigenvalue weighted by molar-refractivity contribution is -0.118. The smallest absolute Gasteiger partial charge is 0.230 e. The number of carbonyl (C=O) groups excluding carboxylic acids is 1. The van der Waals surface area contributed by atoms with Gasteiger partial charge in [-0.05, 0) is 36.3 Å². The lowest BCUT2D eigenvalue weighted by Crippen LogP contribution is -2.27. The van der Waals surface area contributed by atoms with Gasteiger partial charge in [-0.1, -0.05) is 12.1 Å². The van der Waals surface area contributed by atoms with Gasteiger partial charge in [0.15, 0.2) is 0 Å². The summed E-state index contributed by atoms with van der Waals surface area (Å²) in [4.78, 5) is 11.5. The minimum atomic E-state index is 0.0523. The molecule has 0 fully saturated rings. The van der Waals surface area contributed by atoms with Crippen LogP contribution in [-0.2, 0) is 11.2 Å². The van der Waals surface area contributed by atoms with E-state index in [1.807, 2.05) is 24.3 Å². The molecule has 0 heterocycles. The van der Waals surface area contributed by atoms with Crippen molar-refractivity contribution in [2.75, 3.05) is 31.8 Å². The number of thioether (sulfide) groups is 1. The number of hydrogen-bond donors (Lipinski definition) is 2. The van der Waals surface area contributed by atoms with Gasteiger partial charge in [-0.15, -0.1) is 0 Å². The van der Waals surface area contributed by atoms with Crippen molar-refractivity contribution in [3.63, 3.8) is 0 Å². The topological polar surface area (TPSA) is 58.6 Å². The van der Waals surface area contributed by atoms with Crippen LogP contribution in [0.3, 0.4) is 0 Å². The number of rotatable bonds is 9. The highest BCUT2D eigenvalue weighted by molar-refractivity contribution is 7.99. The van der Waals surface area contributed by atoms with Gasteiger partial charge in [0.1, 0.15) is 5.75 Å². The molecule has 1 amide bonds. The summed E-state index contributed by atoms with van der Waals surface area (Å²) in [6.45, 7) is 0.831. The van der Waals surface area contributed by atoms with Crippen LogP contribution in [0.25, 0.3) is 0 Å². The Morgan fingerprint density at radius 3 is 2.74 bits per heavy atom. The second kappa shape index (κ2) is 9.69. The van der Waals surface area contributed by atoms with E-state index >= 15 is 0 Å². The second-order valence-electron chi connectivity index (χ2n) is 4.08. The second-order valence-corrected chi connectivity index (χ2v) is 5.18. The molecule has 0 saturated heterocycles. The Bertz CT molecular complexity index is 367. The number of methoxy groups -OCH3 is 1. The molecule has 0 aromatic heterocycles. The van der Waals surface area contributed by atoms with E-state index in [4.69, 9.17) is 9.84 Å². The fraction of sp³-hybridized carbons (Fsp3) is 0.500. The van der Waals surface area contributed by atoms with Gasteiger partial charge in [0.2, 0.25) is 5.91 Å². The van der Waals surface area contributed by atoms with Gasteiger partial charge in [0, 0.05) is 13.2 Å². The van der Waals surface area contributed by atoms with Gasteiger partial charge in [0.25, 0.3) is 0 Å². The van der Waals surface area contributed by atoms with Crippen LogP contribution < -0.4 is 10.1 Å². The van der Waals surface area contributed by atoms with Crippen molar-refractivity contribution < 1.29 is 14.6 Å². The molecule has 1 aromatic rings. The zero-order valence-electron chi connectivity index (χ0n) is 11.2. The lowest BCUT2D eigenvalue weighted by Gasteiger charge is -2.06. The van der Waals surface area contributed by atoms with E-state index < -0.39 is 0 Å². The molecule has 1 aromatic carbocycles. The summed E-state index contributed by atoms with van der Waals surface area (Å²) in [5.74, 6) is 2.18. The van der Waals surface area contributed by atoms with Gasteiger partial charge >= 0.3 is 0 Å². The maximum absolute atomic E-state index is 11.5. The average Bonchev–Trinajstić information content (AvgIpc) is 2.44.